The Bertz CT molecular complexity index is 488. The SMILES string of the molecule is CCO/N=C(\C(=O)O)c1csc(N(Cl)C(C)=O)n1. The molecule has 0 saturated carbocycles. The van der Waals surface area contributed by atoms with E-state index in [0.29, 0.717) is 0 Å². The summed E-state index contributed by atoms with van der Waals surface area (Å²) in [6.07, 6.45) is 0. The van der Waals surface area contributed by atoms with Crippen molar-refractivity contribution < 1.29 is 19.5 Å². The molecule has 0 bridgehead atoms. The van der Waals surface area contributed by atoms with E-state index in [1.807, 2.05) is 0 Å². The van der Waals surface area contributed by atoms with Gasteiger partial charge in [-0.2, -0.15) is 4.42 Å². The van der Waals surface area contributed by atoms with Crippen LogP contribution in [0.4, 0.5) is 5.13 Å². The van der Waals surface area contributed by atoms with E-state index in [4.69, 9.17) is 16.9 Å². The van der Waals surface area contributed by atoms with Gasteiger partial charge in [0.2, 0.25) is 16.8 Å². The van der Waals surface area contributed by atoms with Gasteiger partial charge in [-0.15, -0.1) is 11.3 Å². The maximum atomic E-state index is 11.0. The fourth-order valence-corrected chi connectivity index (χ4v) is 1.83. The minimum absolute atomic E-state index is 0.0860. The lowest BCUT2D eigenvalue weighted by atomic mass is 10.3. The van der Waals surface area contributed by atoms with Gasteiger partial charge in [0.15, 0.2) is 0 Å². The smallest absolute Gasteiger partial charge is 0.360 e. The summed E-state index contributed by atoms with van der Waals surface area (Å²) in [5.41, 5.74) is -0.254. The second-order valence-corrected chi connectivity index (χ2v) is 4.15. The van der Waals surface area contributed by atoms with Gasteiger partial charge in [0.1, 0.15) is 12.3 Å². The number of aliphatic carboxylic acids is 1. The van der Waals surface area contributed by atoms with Crippen molar-refractivity contribution in [2.45, 2.75) is 13.8 Å². The van der Waals surface area contributed by atoms with Crippen molar-refractivity contribution in [3.63, 3.8) is 0 Å². The van der Waals surface area contributed by atoms with E-state index in [0.717, 1.165) is 15.8 Å². The van der Waals surface area contributed by atoms with Crippen molar-refractivity contribution >= 4 is 45.8 Å². The number of carboxylic acids is 1. The van der Waals surface area contributed by atoms with Crippen molar-refractivity contribution in [2.75, 3.05) is 11.0 Å². The molecule has 1 amide bonds. The van der Waals surface area contributed by atoms with Gasteiger partial charge in [0.25, 0.3) is 0 Å². The Balaban J connectivity index is 3.02. The lowest BCUT2D eigenvalue weighted by Gasteiger charge is -2.05. The van der Waals surface area contributed by atoms with Gasteiger partial charge in [0, 0.05) is 24.1 Å². The quantitative estimate of drug-likeness (QED) is 0.504. The van der Waals surface area contributed by atoms with Crippen LogP contribution in [-0.2, 0) is 14.4 Å². The van der Waals surface area contributed by atoms with E-state index >= 15 is 0 Å². The van der Waals surface area contributed by atoms with Crippen LogP contribution in [0.5, 0.6) is 0 Å². The Morgan fingerprint density at radius 3 is 2.83 bits per heavy atom. The van der Waals surface area contributed by atoms with Crippen LogP contribution in [-0.4, -0.2) is 34.3 Å². The van der Waals surface area contributed by atoms with Gasteiger partial charge in [-0.1, -0.05) is 5.16 Å². The van der Waals surface area contributed by atoms with E-state index in [1.165, 1.54) is 12.3 Å². The second-order valence-electron chi connectivity index (χ2n) is 2.98. The molecule has 9 heteroatoms. The molecule has 0 aromatic carbocycles. The van der Waals surface area contributed by atoms with Gasteiger partial charge in [-0.05, 0) is 6.92 Å². The Hall–Kier alpha value is -1.67. The number of anilines is 1. The number of aromatic nitrogens is 1. The van der Waals surface area contributed by atoms with Crippen LogP contribution in [0.2, 0.25) is 0 Å². The van der Waals surface area contributed by atoms with Crippen molar-refractivity contribution in [1.29, 1.82) is 0 Å². The van der Waals surface area contributed by atoms with Crippen molar-refractivity contribution in [2.24, 2.45) is 5.16 Å². The van der Waals surface area contributed by atoms with E-state index in [9.17, 15) is 9.59 Å². The molecule has 0 spiro atoms. The van der Waals surface area contributed by atoms with Gasteiger partial charge in [-0.25, -0.2) is 9.78 Å². The first-order chi connectivity index (χ1) is 8.47. The third kappa shape index (κ3) is 3.41. The molecule has 0 fully saturated rings. The van der Waals surface area contributed by atoms with Crippen LogP contribution < -0.4 is 4.42 Å². The fraction of sp³-hybridized carbons (Fsp3) is 0.333. The molecule has 98 valence electrons. The zero-order chi connectivity index (χ0) is 13.7. The molecular formula is C9H10ClN3O4S. The molecule has 0 radical (unpaired) electrons. The number of amides is 1. The summed E-state index contributed by atoms with van der Waals surface area (Å²) in [6, 6.07) is 0. The average Bonchev–Trinajstić information content (AvgIpc) is 2.77. The molecule has 1 aromatic rings. The molecule has 7 nitrogen and oxygen atoms in total. The highest BCUT2D eigenvalue weighted by Crippen LogP contribution is 2.22. The Morgan fingerprint density at radius 1 is 1.67 bits per heavy atom. The van der Waals surface area contributed by atoms with Gasteiger partial charge in [-0.3, -0.25) is 4.79 Å². The Labute approximate surface area is 112 Å². The lowest BCUT2D eigenvalue weighted by molar-refractivity contribution is -0.129. The number of carbonyl (C=O) groups excluding carboxylic acids is 1. The minimum atomic E-state index is -1.27. The highest BCUT2D eigenvalue weighted by atomic mass is 35.5. The summed E-state index contributed by atoms with van der Waals surface area (Å²) in [4.78, 5) is 30.6. The van der Waals surface area contributed by atoms with Crippen LogP contribution in [0.15, 0.2) is 10.5 Å². The Kier molecular flexibility index (Phi) is 5.05. The molecule has 0 unspecified atom stereocenters. The summed E-state index contributed by atoms with van der Waals surface area (Å²) in [5.74, 6) is -1.69. The molecule has 0 aliphatic rings. The number of hydrogen-bond acceptors (Lipinski definition) is 6. The number of thiazole rings is 1. The third-order valence-corrected chi connectivity index (χ3v) is 2.99. The number of oxime groups is 1. The second kappa shape index (κ2) is 6.31. The highest BCUT2D eigenvalue weighted by molar-refractivity contribution is 7.14. The van der Waals surface area contributed by atoms with Crippen LogP contribution in [0, 0.1) is 0 Å². The van der Waals surface area contributed by atoms with Crippen molar-refractivity contribution in [3.05, 3.63) is 11.1 Å². The molecule has 0 aliphatic carbocycles. The summed E-state index contributed by atoms with van der Waals surface area (Å²) < 4.78 is 0.800. The molecule has 1 N–H and O–H groups in total. The summed E-state index contributed by atoms with van der Waals surface area (Å²) >= 11 is 6.68. The predicted octanol–water partition coefficient (Wildman–Crippen LogP) is 1.48. The Morgan fingerprint density at radius 2 is 2.33 bits per heavy atom. The van der Waals surface area contributed by atoms with Gasteiger partial charge < -0.3 is 9.94 Å². The van der Waals surface area contributed by atoms with E-state index in [1.54, 1.807) is 6.92 Å². The molecule has 1 aromatic heterocycles. The number of carbonyl (C=O) groups is 2. The molecule has 0 atom stereocenters. The van der Waals surface area contributed by atoms with E-state index in [2.05, 4.69) is 15.0 Å². The zero-order valence-electron chi connectivity index (χ0n) is 9.58. The van der Waals surface area contributed by atoms with E-state index in [-0.39, 0.29) is 23.1 Å². The van der Waals surface area contributed by atoms with E-state index < -0.39 is 11.9 Å². The fourth-order valence-electron chi connectivity index (χ4n) is 0.922. The monoisotopic (exact) mass is 291 g/mol. The zero-order valence-corrected chi connectivity index (χ0v) is 11.2. The first-order valence-electron chi connectivity index (χ1n) is 4.83. The number of carboxylic acid groups (broad SMARTS) is 1. The van der Waals surface area contributed by atoms with Crippen LogP contribution in [0.3, 0.4) is 0 Å². The number of rotatable bonds is 5. The molecule has 0 saturated heterocycles. The predicted molar refractivity (Wildman–Crippen MR) is 66.9 cm³/mol. The van der Waals surface area contributed by atoms with Crippen LogP contribution in [0.1, 0.15) is 19.5 Å². The van der Waals surface area contributed by atoms with Crippen LogP contribution in [0.25, 0.3) is 0 Å². The van der Waals surface area contributed by atoms with Crippen LogP contribution >= 0.6 is 23.1 Å². The maximum Gasteiger partial charge on any atom is 0.360 e. The number of halogens is 1. The topological polar surface area (TPSA) is 92.1 Å². The number of hydrogen-bond donors (Lipinski definition) is 1. The summed E-state index contributed by atoms with van der Waals surface area (Å²) in [7, 11) is 0. The average molecular weight is 292 g/mol. The molecule has 0 aliphatic heterocycles. The van der Waals surface area contributed by atoms with Gasteiger partial charge in [0.05, 0.1) is 0 Å². The van der Waals surface area contributed by atoms with Crippen molar-refractivity contribution in [1.82, 2.24) is 4.98 Å². The molecular weight excluding hydrogens is 282 g/mol. The normalized spacial score (nSPS) is 11.2. The summed E-state index contributed by atoms with van der Waals surface area (Å²) in [6.45, 7) is 3.18. The van der Waals surface area contributed by atoms with Crippen molar-refractivity contribution in [3.8, 4) is 0 Å². The maximum absolute atomic E-state index is 11.0. The first kappa shape index (κ1) is 14.4. The first-order valence-corrected chi connectivity index (χ1v) is 6.04. The molecule has 18 heavy (non-hydrogen) atoms. The minimum Gasteiger partial charge on any atom is -0.476 e. The van der Waals surface area contributed by atoms with Gasteiger partial charge >= 0.3 is 5.97 Å². The highest BCUT2D eigenvalue weighted by Gasteiger charge is 2.20. The largest absolute Gasteiger partial charge is 0.476 e. The third-order valence-electron chi connectivity index (χ3n) is 1.67. The standard InChI is InChI=1S/C9H10ClN3O4S/c1-3-17-12-7(8(15)16)6-4-18-9(11-6)13(10)5(2)14/h4H,3H2,1-2H3,(H,15,16)/b12-7-. The molecule has 1 rings (SSSR count). The molecule has 1 heterocycles. The number of nitrogens with zero attached hydrogens (tertiary/aromatic N) is 3. The summed E-state index contributed by atoms with van der Waals surface area (Å²) in [5, 5.41) is 14.0. The lowest BCUT2D eigenvalue weighted by Crippen LogP contribution is -2.18.